The normalized spacial score (nSPS) is 9.21. The van der Waals surface area contributed by atoms with Crippen molar-refractivity contribution in [3.8, 4) is 0 Å². The molecule has 72 valence electrons. The van der Waals surface area contributed by atoms with Crippen LogP contribution in [0.2, 0.25) is 0 Å². The Bertz CT molecular complexity index is 373. The Morgan fingerprint density at radius 2 is 1.86 bits per heavy atom. The number of nitrogens with zero attached hydrogens (tertiary/aromatic N) is 1. The topological polar surface area (TPSA) is 58.5 Å². The van der Waals surface area contributed by atoms with E-state index in [2.05, 4.69) is 22.1 Å². The van der Waals surface area contributed by atoms with E-state index in [9.17, 15) is 9.59 Å². The molecule has 0 aliphatic heterocycles. The number of hydrogen-bond donors (Lipinski definition) is 1. The van der Waals surface area contributed by atoms with Crippen molar-refractivity contribution in [3.05, 3.63) is 29.8 Å². The van der Waals surface area contributed by atoms with Crippen molar-refractivity contribution in [2.45, 2.75) is 6.92 Å². The highest BCUT2D eigenvalue weighted by Gasteiger charge is 2.02. The summed E-state index contributed by atoms with van der Waals surface area (Å²) < 4.78 is 3.11. The molecule has 2 amide bonds. The van der Waals surface area contributed by atoms with Crippen molar-refractivity contribution in [2.75, 3.05) is 5.32 Å². The van der Waals surface area contributed by atoms with Crippen LogP contribution >= 0.6 is 0 Å². The minimum atomic E-state index is -0.450. The first-order chi connectivity index (χ1) is 6.63. The van der Waals surface area contributed by atoms with Crippen LogP contribution in [0.15, 0.2) is 28.6 Å². The fourth-order valence-electron chi connectivity index (χ4n) is 0.952. The van der Waals surface area contributed by atoms with Crippen LogP contribution < -0.4 is 5.32 Å². The highest BCUT2D eigenvalue weighted by molar-refractivity contribution is 7.47. The van der Waals surface area contributed by atoms with Gasteiger partial charge >= 0.3 is 0 Å². The van der Waals surface area contributed by atoms with E-state index in [1.807, 2.05) is 0 Å². The molecule has 0 spiro atoms. The first-order valence-electron chi connectivity index (χ1n) is 3.89. The van der Waals surface area contributed by atoms with Gasteiger partial charge in [0, 0.05) is 30.6 Å². The van der Waals surface area contributed by atoms with Gasteiger partial charge in [0.2, 0.25) is 5.91 Å². The zero-order chi connectivity index (χ0) is 10.6. The molecular weight excluding hydrogens is 200 g/mol. The van der Waals surface area contributed by atoms with Crippen LogP contribution in [-0.4, -0.2) is 11.8 Å². The van der Waals surface area contributed by atoms with E-state index in [0.717, 1.165) is 0 Å². The van der Waals surface area contributed by atoms with Crippen LogP contribution in [-0.2, 0) is 17.2 Å². The Labute approximate surface area is 86.5 Å². The second-order valence-electron chi connectivity index (χ2n) is 2.65. The minimum absolute atomic E-state index is 0.156. The molecule has 5 heteroatoms. The molecule has 14 heavy (non-hydrogen) atoms. The van der Waals surface area contributed by atoms with Gasteiger partial charge in [-0.2, -0.15) is 0 Å². The van der Waals surface area contributed by atoms with Gasteiger partial charge in [-0.1, -0.05) is 0 Å². The van der Waals surface area contributed by atoms with Crippen molar-refractivity contribution < 1.29 is 9.59 Å². The van der Waals surface area contributed by atoms with E-state index in [0.29, 0.717) is 11.3 Å². The number of anilines is 1. The van der Waals surface area contributed by atoms with Crippen molar-refractivity contribution in [1.82, 2.24) is 0 Å². The molecule has 4 nitrogen and oxygen atoms in total. The van der Waals surface area contributed by atoms with E-state index >= 15 is 0 Å². The summed E-state index contributed by atoms with van der Waals surface area (Å²) in [6.07, 6.45) is 0. The number of rotatable bonds is 2. The highest BCUT2D eigenvalue weighted by Crippen LogP contribution is 2.10. The van der Waals surface area contributed by atoms with E-state index in [1.54, 1.807) is 24.3 Å². The lowest BCUT2D eigenvalue weighted by molar-refractivity contribution is -0.114. The smallest absolute Gasteiger partial charge is 0.288 e. The Balaban J connectivity index is 2.83. The molecule has 1 rings (SSSR count). The summed E-state index contributed by atoms with van der Waals surface area (Å²) >= 11 is 4.27. The third kappa shape index (κ3) is 2.70. The molecule has 1 aromatic carbocycles. The number of nitrogens with one attached hydrogen (secondary N) is 1. The SMILES string of the molecule is CC(=O)Nc1ccc(C(=O)N=S)cc1. The quantitative estimate of drug-likeness (QED) is 0.801. The lowest BCUT2D eigenvalue weighted by Crippen LogP contribution is -2.05. The minimum Gasteiger partial charge on any atom is -0.326 e. The predicted octanol–water partition coefficient (Wildman–Crippen LogP) is 1.52. The summed E-state index contributed by atoms with van der Waals surface area (Å²) in [5, 5.41) is 2.58. The van der Waals surface area contributed by atoms with E-state index in [1.165, 1.54) is 6.92 Å². The van der Waals surface area contributed by atoms with Crippen LogP contribution in [0.5, 0.6) is 0 Å². The molecular formula is C9H8N2O2S. The summed E-state index contributed by atoms with van der Waals surface area (Å²) in [6.45, 7) is 1.41. The molecule has 1 N–H and O–H groups in total. The highest BCUT2D eigenvalue weighted by atomic mass is 32.1. The maximum absolute atomic E-state index is 11.0. The Kier molecular flexibility index (Phi) is 3.41. The maximum Gasteiger partial charge on any atom is 0.288 e. The predicted molar refractivity (Wildman–Crippen MR) is 54.9 cm³/mol. The molecule has 0 aliphatic carbocycles. The second-order valence-corrected chi connectivity index (χ2v) is 2.84. The van der Waals surface area contributed by atoms with Gasteiger partial charge in [0.15, 0.2) is 0 Å². The lowest BCUT2D eigenvalue weighted by atomic mass is 10.2. The Morgan fingerprint density at radius 1 is 1.29 bits per heavy atom. The van der Waals surface area contributed by atoms with Gasteiger partial charge in [-0.25, -0.2) is 0 Å². The molecule has 0 saturated carbocycles. The summed E-state index contributed by atoms with van der Waals surface area (Å²) in [7, 11) is 0. The molecule has 0 unspecified atom stereocenters. The molecule has 1 aromatic rings. The van der Waals surface area contributed by atoms with Crippen molar-refractivity contribution in [1.29, 1.82) is 0 Å². The number of benzene rings is 1. The Morgan fingerprint density at radius 3 is 2.29 bits per heavy atom. The molecule has 0 saturated heterocycles. The molecule has 0 heterocycles. The summed E-state index contributed by atoms with van der Waals surface area (Å²) in [5.41, 5.74) is 1.05. The Hall–Kier alpha value is -1.62. The zero-order valence-corrected chi connectivity index (χ0v) is 8.30. The number of hydrogen-bond acceptors (Lipinski definition) is 3. The first-order valence-corrected chi connectivity index (χ1v) is 4.25. The largest absolute Gasteiger partial charge is 0.326 e. The van der Waals surface area contributed by atoms with Gasteiger partial charge in [-0.15, -0.1) is 4.36 Å². The van der Waals surface area contributed by atoms with Gasteiger partial charge < -0.3 is 5.32 Å². The van der Waals surface area contributed by atoms with Crippen LogP contribution in [0.3, 0.4) is 0 Å². The molecule has 0 aromatic heterocycles. The van der Waals surface area contributed by atoms with Crippen LogP contribution in [0.4, 0.5) is 5.69 Å². The van der Waals surface area contributed by atoms with Crippen LogP contribution in [0.25, 0.3) is 0 Å². The zero-order valence-electron chi connectivity index (χ0n) is 7.48. The second kappa shape index (κ2) is 4.57. The fourth-order valence-corrected chi connectivity index (χ4v) is 1.06. The van der Waals surface area contributed by atoms with Gasteiger partial charge in [0.25, 0.3) is 5.91 Å². The van der Waals surface area contributed by atoms with E-state index < -0.39 is 5.91 Å². The van der Waals surface area contributed by atoms with Crippen molar-refractivity contribution in [2.24, 2.45) is 4.36 Å². The standard InChI is InChI=1S/C9H8N2O2S/c1-6(12)10-8-4-2-7(3-5-8)9(13)11-14/h2-5H,1H3,(H,10,12). The average Bonchev–Trinajstić information content (AvgIpc) is 2.17. The summed E-state index contributed by atoms with van der Waals surface area (Å²) in [6, 6.07) is 6.36. The third-order valence-electron chi connectivity index (χ3n) is 1.54. The fraction of sp³-hybridized carbons (Fsp3) is 0.111. The molecule has 0 aliphatic rings. The van der Waals surface area contributed by atoms with Gasteiger partial charge in [0.05, 0.1) is 0 Å². The molecule has 0 radical (unpaired) electrons. The van der Waals surface area contributed by atoms with Gasteiger partial charge in [0.1, 0.15) is 0 Å². The van der Waals surface area contributed by atoms with Crippen LogP contribution in [0, 0.1) is 0 Å². The monoisotopic (exact) mass is 208 g/mol. The van der Waals surface area contributed by atoms with Gasteiger partial charge in [-0.3, -0.25) is 9.59 Å². The van der Waals surface area contributed by atoms with Gasteiger partial charge in [-0.05, 0) is 24.3 Å². The van der Waals surface area contributed by atoms with Crippen LogP contribution in [0.1, 0.15) is 17.3 Å². The van der Waals surface area contributed by atoms with E-state index in [4.69, 9.17) is 0 Å². The summed E-state index contributed by atoms with van der Waals surface area (Å²) in [4.78, 5) is 21.7. The number of amides is 2. The number of carbonyl (C=O) groups is 2. The maximum atomic E-state index is 11.0. The lowest BCUT2D eigenvalue weighted by Gasteiger charge is -2.01. The summed E-state index contributed by atoms with van der Waals surface area (Å²) in [5.74, 6) is -0.605. The van der Waals surface area contributed by atoms with Crippen molar-refractivity contribution in [3.63, 3.8) is 0 Å². The molecule has 0 atom stereocenters. The first kappa shape index (κ1) is 10.5. The van der Waals surface area contributed by atoms with E-state index in [-0.39, 0.29) is 5.91 Å². The third-order valence-corrected chi connectivity index (χ3v) is 1.70. The number of carbonyl (C=O) groups excluding carboxylic acids is 2. The molecule has 0 bridgehead atoms. The molecule has 0 fully saturated rings. The average molecular weight is 208 g/mol. The van der Waals surface area contributed by atoms with Crippen molar-refractivity contribution >= 4 is 29.9 Å².